The highest BCUT2D eigenvalue weighted by molar-refractivity contribution is 6.30. The van der Waals surface area contributed by atoms with Gasteiger partial charge in [-0.3, -0.25) is 0 Å². The van der Waals surface area contributed by atoms with Gasteiger partial charge in [0, 0.05) is 18.0 Å². The van der Waals surface area contributed by atoms with E-state index in [-0.39, 0.29) is 0 Å². The summed E-state index contributed by atoms with van der Waals surface area (Å²) in [6.07, 6.45) is 7.25. The molecule has 4 heteroatoms. The normalized spacial score (nSPS) is 23.4. The number of halogens is 1. The molecule has 1 N–H and O–H groups in total. The van der Waals surface area contributed by atoms with Crippen LogP contribution in [0.25, 0.3) is 0 Å². The molecular formula is C15H24ClN3. The molecule has 2 rings (SSSR count). The first-order valence-electron chi connectivity index (χ1n) is 7.43. The average Bonchev–Trinajstić information content (AvgIpc) is 2.44. The number of hydrogen-bond donors (Lipinski definition) is 1. The van der Waals surface area contributed by atoms with E-state index in [1.54, 1.807) is 0 Å². The van der Waals surface area contributed by atoms with E-state index in [2.05, 4.69) is 29.1 Å². The first kappa shape index (κ1) is 14.6. The van der Waals surface area contributed by atoms with Gasteiger partial charge in [0.2, 0.25) is 0 Å². The summed E-state index contributed by atoms with van der Waals surface area (Å²) in [7, 11) is 0. The molecule has 0 atom stereocenters. The minimum absolute atomic E-state index is 0.539. The number of hydrogen-bond acceptors (Lipinski definition) is 3. The summed E-state index contributed by atoms with van der Waals surface area (Å²) in [6, 6.07) is 0.539. The minimum Gasteiger partial charge on any atom is -0.367 e. The maximum absolute atomic E-state index is 6.17. The monoisotopic (exact) mass is 281 g/mol. The SMILES string of the molecule is CCc1nc(Cl)c(C)c(NC2CCC(CC)CC2)n1. The number of nitrogens with zero attached hydrogens (tertiary/aromatic N) is 2. The fourth-order valence-corrected chi connectivity index (χ4v) is 2.93. The van der Waals surface area contributed by atoms with Crippen molar-refractivity contribution in [3.05, 3.63) is 16.5 Å². The van der Waals surface area contributed by atoms with Gasteiger partial charge < -0.3 is 5.32 Å². The van der Waals surface area contributed by atoms with Crippen molar-refractivity contribution in [3.63, 3.8) is 0 Å². The number of anilines is 1. The summed E-state index contributed by atoms with van der Waals surface area (Å²) in [5.74, 6) is 2.66. The third-order valence-electron chi connectivity index (χ3n) is 4.21. The quantitative estimate of drug-likeness (QED) is 0.832. The Kier molecular flexibility index (Phi) is 5.03. The maximum atomic E-state index is 6.17. The third-order valence-corrected chi connectivity index (χ3v) is 4.58. The number of rotatable bonds is 4. The second kappa shape index (κ2) is 6.56. The third kappa shape index (κ3) is 3.59. The Morgan fingerprint density at radius 3 is 2.42 bits per heavy atom. The molecule has 1 aliphatic rings. The van der Waals surface area contributed by atoms with Crippen LogP contribution < -0.4 is 5.32 Å². The highest BCUT2D eigenvalue weighted by Crippen LogP contribution is 2.29. The van der Waals surface area contributed by atoms with E-state index in [1.807, 2.05) is 6.92 Å². The lowest BCUT2D eigenvalue weighted by atomic mass is 9.84. The van der Waals surface area contributed by atoms with Crippen LogP contribution in [0.4, 0.5) is 5.82 Å². The van der Waals surface area contributed by atoms with Crippen LogP contribution in [0.2, 0.25) is 5.15 Å². The fourth-order valence-electron chi connectivity index (χ4n) is 2.74. The topological polar surface area (TPSA) is 37.8 Å². The van der Waals surface area contributed by atoms with E-state index in [4.69, 9.17) is 11.6 Å². The van der Waals surface area contributed by atoms with Crippen molar-refractivity contribution < 1.29 is 0 Å². The van der Waals surface area contributed by atoms with Crippen LogP contribution in [-0.2, 0) is 6.42 Å². The molecule has 1 aromatic rings. The minimum atomic E-state index is 0.539. The van der Waals surface area contributed by atoms with E-state index in [0.717, 1.165) is 29.5 Å². The summed E-state index contributed by atoms with van der Waals surface area (Å²) in [6.45, 7) is 6.33. The molecule has 0 spiro atoms. The lowest BCUT2D eigenvalue weighted by molar-refractivity contribution is 0.329. The predicted molar refractivity (Wildman–Crippen MR) is 80.8 cm³/mol. The summed E-state index contributed by atoms with van der Waals surface area (Å²) in [5, 5.41) is 4.15. The van der Waals surface area contributed by atoms with Crippen molar-refractivity contribution in [1.82, 2.24) is 9.97 Å². The van der Waals surface area contributed by atoms with Crippen molar-refractivity contribution in [2.75, 3.05) is 5.32 Å². The molecule has 0 saturated heterocycles. The van der Waals surface area contributed by atoms with E-state index in [0.29, 0.717) is 11.2 Å². The first-order valence-corrected chi connectivity index (χ1v) is 7.81. The van der Waals surface area contributed by atoms with E-state index in [9.17, 15) is 0 Å². The largest absolute Gasteiger partial charge is 0.367 e. The van der Waals surface area contributed by atoms with Crippen LogP contribution in [0.1, 0.15) is 57.3 Å². The molecule has 0 radical (unpaired) electrons. The second-order valence-corrected chi connectivity index (χ2v) is 5.89. The fraction of sp³-hybridized carbons (Fsp3) is 0.733. The number of aromatic nitrogens is 2. The van der Waals surface area contributed by atoms with Gasteiger partial charge in [-0.05, 0) is 38.5 Å². The molecule has 106 valence electrons. The highest BCUT2D eigenvalue weighted by atomic mass is 35.5. The molecule has 0 aliphatic heterocycles. The zero-order chi connectivity index (χ0) is 13.8. The lowest BCUT2D eigenvalue weighted by Crippen LogP contribution is -2.27. The summed E-state index contributed by atoms with van der Waals surface area (Å²) in [4.78, 5) is 8.86. The van der Waals surface area contributed by atoms with E-state index < -0.39 is 0 Å². The van der Waals surface area contributed by atoms with Crippen LogP contribution in [0.3, 0.4) is 0 Å². The van der Waals surface area contributed by atoms with Crippen molar-refractivity contribution in [3.8, 4) is 0 Å². The Morgan fingerprint density at radius 1 is 1.16 bits per heavy atom. The van der Waals surface area contributed by atoms with Gasteiger partial charge in [-0.1, -0.05) is 31.9 Å². The molecule has 3 nitrogen and oxygen atoms in total. The van der Waals surface area contributed by atoms with Crippen molar-refractivity contribution in [1.29, 1.82) is 0 Å². The Labute approximate surface area is 121 Å². The van der Waals surface area contributed by atoms with Gasteiger partial charge in [0.1, 0.15) is 16.8 Å². The Bertz CT molecular complexity index is 426. The first-order chi connectivity index (χ1) is 9.13. The molecular weight excluding hydrogens is 258 g/mol. The molecule has 1 heterocycles. The molecule has 0 unspecified atom stereocenters. The summed E-state index contributed by atoms with van der Waals surface area (Å²) < 4.78 is 0. The zero-order valence-corrected chi connectivity index (χ0v) is 12.9. The molecule has 0 aromatic carbocycles. The average molecular weight is 282 g/mol. The van der Waals surface area contributed by atoms with Gasteiger partial charge in [0.15, 0.2) is 0 Å². The second-order valence-electron chi connectivity index (χ2n) is 5.53. The van der Waals surface area contributed by atoms with Gasteiger partial charge in [0.05, 0.1) is 0 Å². The molecule has 1 aromatic heterocycles. The Hall–Kier alpha value is -0.830. The highest BCUT2D eigenvalue weighted by Gasteiger charge is 2.21. The van der Waals surface area contributed by atoms with Crippen LogP contribution >= 0.6 is 11.6 Å². The van der Waals surface area contributed by atoms with Crippen LogP contribution in [0, 0.1) is 12.8 Å². The molecule has 1 aliphatic carbocycles. The van der Waals surface area contributed by atoms with Gasteiger partial charge in [-0.25, -0.2) is 9.97 Å². The molecule has 1 fully saturated rings. The molecule has 19 heavy (non-hydrogen) atoms. The van der Waals surface area contributed by atoms with Crippen molar-refractivity contribution in [2.24, 2.45) is 5.92 Å². The number of nitrogens with one attached hydrogen (secondary N) is 1. The van der Waals surface area contributed by atoms with E-state index >= 15 is 0 Å². The van der Waals surface area contributed by atoms with Crippen molar-refractivity contribution >= 4 is 17.4 Å². The van der Waals surface area contributed by atoms with Crippen LogP contribution in [-0.4, -0.2) is 16.0 Å². The summed E-state index contributed by atoms with van der Waals surface area (Å²) in [5.41, 5.74) is 0.969. The smallest absolute Gasteiger partial charge is 0.137 e. The Morgan fingerprint density at radius 2 is 1.84 bits per heavy atom. The van der Waals surface area contributed by atoms with Crippen LogP contribution in [0.15, 0.2) is 0 Å². The summed E-state index contributed by atoms with van der Waals surface area (Å²) >= 11 is 6.17. The van der Waals surface area contributed by atoms with Gasteiger partial charge in [-0.15, -0.1) is 0 Å². The standard InChI is InChI=1S/C15H24ClN3/c1-4-11-6-8-12(9-7-11)17-15-10(3)14(16)18-13(5-2)19-15/h11-12H,4-9H2,1-3H3,(H,17,18,19). The van der Waals surface area contributed by atoms with Gasteiger partial charge in [-0.2, -0.15) is 0 Å². The lowest BCUT2D eigenvalue weighted by Gasteiger charge is -2.29. The number of aryl methyl sites for hydroxylation is 1. The van der Waals surface area contributed by atoms with E-state index in [1.165, 1.54) is 32.1 Å². The molecule has 0 bridgehead atoms. The predicted octanol–water partition coefficient (Wildman–Crippen LogP) is 4.38. The zero-order valence-electron chi connectivity index (χ0n) is 12.2. The van der Waals surface area contributed by atoms with Crippen LogP contribution in [0.5, 0.6) is 0 Å². The molecule has 0 amide bonds. The van der Waals surface area contributed by atoms with Gasteiger partial charge >= 0.3 is 0 Å². The van der Waals surface area contributed by atoms with Gasteiger partial charge in [0.25, 0.3) is 0 Å². The molecule has 1 saturated carbocycles. The maximum Gasteiger partial charge on any atom is 0.137 e. The van der Waals surface area contributed by atoms with Crippen molar-refractivity contribution in [2.45, 2.75) is 65.3 Å². The Balaban J connectivity index is 2.05.